The van der Waals surface area contributed by atoms with Crippen molar-refractivity contribution < 1.29 is 13.9 Å². The van der Waals surface area contributed by atoms with Crippen LogP contribution < -0.4 is 9.16 Å². The molecule has 1 aromatic rings. The van der Waals surface area contributed by atoms with E-state index >= 15 is 0 Å². The molecule has 0 saturated heterocycles. The fourth-order valence-electron chi connectivity index (χ4n) is 2.55. The largest absolute Gasteiger partial charge is 0.551 e. The maximum atomic E-state index is 5.82. The predicted octanol–water partition coefficient (Wildman–Crippen LogP) is 2.67. The van der Waals surface area contributed by atoms with E-state index in [9.17, 15) is 0 Å². The van der Waals surface area contributed by atoms with Crippen LogP contribution in [0.5, 0.6) is 11.5 Å². The topological polar surface area (TPSA) is 27.7 Å². The highest BCUT2D eigenvalue weighted by molar-refractivity contribution is 6.00. The molecule has 0 N–H and O–H groups in total. The second-order valence-electron chi connectivity index (χ2n) is 5.17. The molecule has 1 fully saturated rings. The number of hydrogen-bond acceptors (Lipinski definition) is 3. The third-order valence-electron chi connectivity index (χ3n) is 3.65. The number of hydrogen-bond donors (Lipinski definition) is 0. The fourth-order valence-corrected chi connectivity index (χ4v) is 2.89. The molecule has 1 saturated carbocycles. The summed E-state index contributed by atoms with van der Waals surface area (Å²) in [6.45, 7) is 2.76. The van der Waals surface area contributed by atoms with E-state index in [-0.39, 0.29) is 6.29 Å². The molecule has 0 radical (unpaired) electrons. The van der Waals surface area contributed by atoms with Crippen molar-refractivity contribution in [1.82, 2.24) is 0 Å². The van der Waals surface area contributed by atoms with Crippen molar-refractivity contribution in [3.63, 3.8) is 0 Å². The van der Waals surface area contributed by atoms with Crippen molar-refractivity contribution in [2.24, 2.45) is 5.92 Å². The first-order valence-electron chi connectivity index (χ1n) is 7.21. The first kappa shape index (κ1) is 14.4. The summed E-state index contributed by atoms with van der Waals surface area (Å²) in [5.41, 5.74) is 0. The van der Waals surface area contributed by atoms with Crippen molar-refractivity contribution in [2.45, 2.75) is 45.3 Å². The molecular weight excluding hydrogens is 256 g/mol. The maximum Gasteiger partial charge on any atom is 0.204 e. The molecule has 106 valence electrons. The van der Waals surface area contributed by atoms with Crippen LogP contribution >= 0.6 is 0 Å². The van der Waals surface area contributed by atoms with Gasteiger partial charge < -0.3 is 13.9 Å². The highest BCUT2D eigenvalue weighted by atomic mass is 28.2. The smallest absolute Gasteiger partial charge is 0.204 e. The minimum absolute atomic E-state index is 0.222. The van der Waals surface area contributed by atoms with Gasteiger partial charge in [0.1, 0.15) is 5.75 Å². The Kier molecular flexibility index (Phi) is 5.73. The Hall–Kier alpha value is -1.00. The number of para-hydroxylation sites is 2. The third-order valence-corrected chi connectivity index (χ3v) is 4.09. The molecule has 0 spiro atoms. The number of ether oxygens (including phenoxy) is 2. The molecule has 0 heterocycles. The molecule has 1 aromatic carbocycles. The van der Waals surface area contributed by atoms with Gasteiger partial charge in [0.25, 0.3) is 0 Å². The number of benzene rings is 1. The van der Waals surface area contributed by atoms with E-state index in [0.29, 0.717) is 16.4 Å². The summed E-state index contributed by atoms with van der Waals surface area (Å²) in [6, 6.07) is 7.75. The van der Waals surface area contributed by atoms with Gasteiger partial charge in [0.15, 0.2) is 12.0 Å². The van der Waals surface area contributed by atoms with Crippen molar-refractivity contribution in [1.29, 1.82) is 0 Å². The van der Waals surface area contributed by atoms with Gasteiger partial charge in [-0.2, -0.15) is 0 Å². The fraction of sp³-hybridized carbons (Fsp3) is 0.600. The minimum Gasteiger partial charge on any atom is -0.551 e. The average Bonchev–Trinajstić information content (AvgIpc) is 2.47. The normalized spacial score (nSPS) is 18.2. The van der Waals surface area contributed by atoms with E-state index in [1.807, 2.05) is 31.2 Å². The molecule has 0 bridgehead atoms. The zero-order chi connectivity index (χ0) is 13.5. The number of rotatable bonds is 6. The maximum absolute atomic E-state index is 5.82. The van der Waals surface area contributed by atoms with Gasteiger partial charge in [0.05, 0.1) is 6.61 Å². The Labute approximate surface area is 118 Å². The second-order valence-corrected chi connectivity index (χ2v) is 5.58. The Morgan fingerprint density at radius 2 is 1.84 bits per heavy atom. The molecule has 0 amide bonds. The predicted molar refractivity (Wildman–Crippen MR) is 79.6 cm³/mol. The van der Waals surface area contributed by atoms with Crippen LogP contribution in [0.15, 0.2) is 24.3 Å². The molecule has 1 unspecified atom stereocenters. The summed E-state index contributed by atoms with van der Waals surface area (Å²) >= 11 is 0. The van der Waals surface area contributed by atoms with Crippen molar-refractivity contribution in [3.05, 3.63) is 24.3 Å². The van der Waals surface area contributed by atoms with Gasteiger partial charge in [-0.1, -0.05) is 31.4 Å². The Morgan fingerprint density at radius 1 is 1.16 bits per heavy atom. The summed E-state index contributed by atoms with van der Waals surface area (Å²) in [7, 11) is 0.663. The van der Waals surface area contributed by atoms with Crippen LogP contribution in [0.3, 0.4) is 0 Å². The molecule has 19 heavy (non-hydrogen) atoms. The van der Waals surface area contributed by atoms with Gasteiger partial charge >= 0.3 is 0 Å². The zero-order valence-electron chi connectivity index (χ0n) is 11.9. The van der Waals surface area contributed by atoms with Gasteiger partial charge in [-0.15, -0.1) is 0 Å². The summed E-state index contributed by atoms with van der Waals surface area (Å²) in [4.78, 5) is 0. The summed E-state index contributed by atoms with van der Waals surface area (Å²) in [5.74, 6) is 2.29. The van der Waals surface area contributed by atoms with Crippen molar-refractivity contribution in [2.75, 3.05) is 6.61 Å². The molecular formula is C15H24O3Si. The molecule has 2 rings (SSSR count). The molecule has 0 aliphatic heterocycles. The van der Waals surface area contributed by atoms with Gasteiger partial charge in [0, 0.05) is 0 Å². The summed E-state index contributed by atoms with van der Waals surface area (Å²) < 4.78 is 17.0. The van der Waals surface area contributed by atoms with E-state index in [0.717, 1.165) is 18.1 Å². The van der Waals surface area contributed by atoms with Gasteiger partial charge in [-0.25, -0.2) is 0 Å². The quantitative estimate of drug-likeness (QED) is 0.592. The van der Waals surface area contributed by atoms with Crippen LogP contribution in [0.2, 0.25) is 0 Å². The summed E-state index contributed by atoms with van der Waals surface area (Å²) in [5, 5.41) is 0. The SMILES string of the molecule is CC(OCC1CCCCC1)Oc1ccccc1O[SiH3]. The van der Waals surface area contributed by atoms with Crippen LogP contribution in [0.25, 0.3) is 0 Å². The van der Waals surface area contributed by atoms with E-state index in [1.54, 1.807) is 0 Å². The van der Waals surface area contributed by atoms with Gasteiger partial charge in [-0.05, 0) is 37.8 Å². The van der Waals surface area contributed by atoms with Crippen LogP contribution in [0, 0.1) is 5.92 Å². The first-order valence-corrected chi connectivity index (χ1v) is 8.02. The third kappa shape index (κ3) is 4.55. The lowest BCUT2D eigenvalue weighted by molar-refractivity contribution is -0.0825. The lowest BCUT2D eigenvalue weighted by Crippen LogP contribution is -2.22. The second kappa shape index (κ2) is 7.55. The van der Waals surface area contributed by atoms with Crippen LogP contribution in [-0.4, -0.2) is 23.4 Å². The van der Waals surface area contributed by atoms with Gasteiger partial charge in [0.2, 0.25) is 10.5 Å². The molecule has 3 nitrogen and oxygen atoms in total. The lowest BCUT2D eigenvalue weighted by Gasteiger charge is -2.24. The van der Waals surface area contributed by atoms with Crippen LogP contribution in [-0.2, 0) is 4.74 Å². The summed E-state index contributed by atoms with van der Waals surface area (Å²) in [6.07, 6.45) is 6.45. The zero-order valence-corrected chi connectivity index (χ0v) is 13.9. The average molecular weight is 280 g/mol. The standard InChI is InChI=1S/C15H24O3Si/c1-12(16-11-13-7-3-2-4-8-13)17-14-9-5-6-10-15(14)18-19/h5-6,9-10,12-13H,2-4,7-8,11H2,1,19H3. The highest BCUT2D eigenvalue weighted by Gasteiger charge is 2.16. The van der Waals surface area contributed by atoms with Gasteiger partial charge in [-0.3, -0.25) is 0 Å². The van der Waals surface area contributed by atoms with Crippen molar-refractivity contribution >= 4 is 10.5 Å². The van der Waals surface area contributed by atoms with Crippen LogP contribution in [0.4, 0.5) is 0 Å². The van der Waals surface area contributed by atoms with E-state index in [1.165, 1.54) is 32.1 Å². The van der Waals surface area contributed by atoms with Crippen LogP contribution in [0.1, 0.15) is 39.0 Å². The first-order chi connectivity index (χ1) is 9.29. The molecule has 4 heteroatoms. The highest BCUT2D eigenvalue weighted by Crippen LogP contribution is 2.28. The molecule has 0 aromatic heterocycles. The van der Waals surface area contributed by atoms with E-state index in [4.69, 9.17) is 13.9 Å². The Balaban J connectivity index is 1.78. The molecule has 1 aliphatic rings. The Morgan fingerprint density at radius 3 is 2.53 bits per heavy atom. The molecule has 1 aliphatic carbocycles. The van der Waals surface area contributed by atoms with Crippen molar-refractivity contribution in [3.8, 4) is 11.5 Å². The monoisotopic (exact) mass is 280 g/mol. The Bertz CT molecular complexity index is 377. The minimum atomic E-state index is -0.222. The van der Waals surface area contributed by atoms with E-state index < -0.39 is 0 Å². The molecule has 1 atom stereocenters. The lowest BCUT2D eigenvalue weighted by atomic mass is 9.90. The van der Waals surface area contributed by atoms with E-state index in [2.05, 4.69) is 0 Å².